The van der Waals surface area contributed by atoms with Crippen LogP contribution in [-0.4, -0.2) is 22.3 Å². The number of hydrogen-bond donors (Lipinski definition) is 0. The molecule has 1 aliphatic rings. The molecule has 0 radical (unpaired) electrons. The fraction of sp³-hybridized carbons (Fsp3) is 0.429. The van der Waals surface area contributed by atoms with Gasteiger partial charge in [-0.05, 0) is 31.4 Å². The highest BCUT2D eigenvalue weighted by Crippen LogP contribution is 2.14. The molecule has 0 spiro atoms. The number of benzene rings is 1. The third-order valence-corrected chi connectivity index (χ3v) is 3.46. The molecular formula is C14H15FN2O2. The van der Waals surface area contributed by atoms with Gasteiger partial charge in [-0.25, -0.2) is 9.37 Å². The Bertz CT molecular complexity index is 647. The second-order valence-corrected chi connectivity index (χ2v) is 4.85. The largest absolute Gasteiger partial charge is 0.376 e. The number of nitrogens with zero attached hydrogens (tertiary/aromatic N) is 2. The van der Waals surface area contributed by atoms with E-state index in [2.05, 4.69) is 4.98 Å². The van der Waals surface area contributed by atoms with E-state index in [0.717, 1.165) is 25.9 Å². The van der Waals surface area contributed by atoms with Crippen molar-refractivity contribution in [3.8, 4) is 0 Å². The molecule has 2 heterocycles. The maximum atomic E-state index is 13.1. The van der Waals surface area contributed by atoms with Crippen LogP contribution in [0.2, 0.25) is 0 Å². The van der Waals surface area contributed by atoms with Gasteiger partial charge in [0.15, 0.2) is 0 Å². The highest BCUT2D eigenvalue weighted by atomic mass is 19.1. The maximum Gasteiger partial charge on any atom is 0.261 e. The summed E-state index contributed by atoms with van der Waals surface area (Å²) in [5.74, 6) is -0.382. The summed E-state index contributed by atoms with van der Waals surface area (Å²) < 4.78 is 20.2. The van der Waals surface area contributed by atoms with Crippen molar-refractivity contribution >= 4 is 10.9 Å². The Kier molecular flexibility index (Phi) is 3.29. The minimum Gasteiger partial charge on any atom is -0.376 e. The molecule has 3 rings (SSSR count). The molecule has 1 unspecified atom stereocenters. The van der Waals surface area contributed by atoms with Crippen molar-refractivity contribution in [3.63, 3.8) is 0 Å². The van der Waals surface area contributed by atoms with Gasteiger partial charge >= 0.3 is 0 Å². The molecule has 1 aromatic carbocycles. The van der Waals surface area contributed by atoms with Crippen LogP contribution in [-0.2, 0) is 11.3 Å². The number of rotatable bonds is 2. The van der Waals surface area contributed by atoms with Crippen molar-refractivity contribution in [2.24, 2.45) is 0 Å². The Balaban J connectivity index is 1.93. The zero-order chi connectivity index (χ0) is 13.2. The SMILES string of the molecule is O=c1c2ccc(F)cc2ncn1CC1CCCCO1. The van der Waals surface area contributed by atoms with Crippen molar-refractivity contribution in [2.75, 3.05) is 6.61 Å². The topological polar surface area (TPSA) is 44.1 Å². The summed E-state index contributed by atoms with van der Waals surface area (Å²) in [5.41, 5.74) is 0.255. The number of aromatic nitrogens is 2. The molecule has 0 N–H and O–H groups in total. The van der Waals surface area contributed by atoms with Crippen LogP contribution in [0.4, 0.5) is 4.39 Å². The van der Waals surface area contributed by atoms with E-state index >= 15 is 0 Å². The molecule has 1 aromatic heterocycles. The van der Waals surface area contributed by atoms with Crippen LogP contribution in [0.5, 0.6) is 0 Å². The Morgan fingerprint density at radius 3 is 3.11 bits per heavy atom. The normalized spacial score (nSPS) is 19.7. The highest BCUT2D eigenvalue weighted by molar-refractivity contribution is 5.77. The molecule has 2 aromatic rings. The van der Waals surface area contributed by atoms with Crippen LogP contribution in [0.1, 0.15) is 19.3 Å². The van der Waals surface area contributed by atoms with E-state index in [1.54, 1.807) is 4.57 Å². The standard InChI is InChI=1S/C14H15FN2O2/c15-10-4-5-12-13(7-10)16-9-17(14(12)18)8-11-3-1-2-6-19-11/h4-5,7,9,11H,1-3,6,8H2. The summed E-state index contributed by atoms with van der Waals surface area (Å²) in [5, 5.41) is 0.444. The van der Waals surface area contributed by atoms with Gasteiger partial charge in [0.25, 0.3) is 5.56 Å². The number of hydrogen-bond acceptors (Lipinski definition) is 3. The summed E-state index contributed by atoms with van der Waals surface area (Å²) in [4.78, 5) is 16.4. The number of fused-ring (bicyclic) bond motifs is 1. The second-order valence-electron chi connectivity index (χ2n) is 4.85. The Hall–Kier alpha value is -1.75. The molecule has 0 amide bonds. The van der Waals surface area contributed by atoms with Gasteiger partial charge in [-0.3, -0.25) is 9.36 Å². The smallest absolute Gasteiger partial charge is 0.261 e. The maximum absolute atomic E-state index is 13.1. The summed E-state index contributed by atoms with van der Waals surface area (Å²) in [6.07, 6.45) is 4.73. The van der Waals surface area contributed by atoms with Crippen LogP contribution in [0, 0.1) is 5.82 Å². The third-order valence-electron chi connectivity index (χ3n) is 3.46. The lowest BCUT2D eigenvalue weighted by molar-refractivity contribution is 0.00535. The number of halogens is 1. The average molecular weight is 262 g/mol. The van der Waals surface area contributed by atoms with Crippen molar-refractivity contribution in [1.82, 2.24) is 9.55 Å². The Morgan fingerprint density at radius 2 is 2.32 bits per heavy atom. The van der Waals surface area contributed by atoms with Gasteiger partial charge in [-0.1, -0.05) is 0 Å². The van der Waals surface area contributed by atoms with E-state index in [9.17, 15) is 9.18 Å². The van der Waals surface area contributed by atoms with Crippen molar-refractivity contribution in [3.05, 3.63) is 40.7 Å². The van der Waals surface area contributed by atoms with Crippen LogP contribution in [0.15, 0.2) is 29.3 Å². The van der Waals surface area contributed by atoms with Gasteiger partial charge in [0, 0.05) is 12.7 Å². The molecule has 1 atom stereocenters. The molecule has 4 nitrogen and oxygen atoms in total. The van der Waals surface area contributed by atoms with E-state index in [4.69, 9.17) is 4.74 Å². The van der Waals surface area contributed by atoms with Crippen molar-refractivity contribution < 1.29 is 9.13 Å². The van der Waals surface area contributed by atoms with E-state index < -0.39 is 0 Å². The summed E-state index contributed by atoms with van der Waals surface area (Å²) >= 11 is 0. The molecule has 19 heavy (non-hydrogen) atoms. The molecule has 0 saturated carbocycles. The first-order chi connectivity index (χ1) is 9.24. The molecule has 0 bridgehead atoms. The molecule has 1 saturated heterocycles. The van der Waals surface area contributed by atoms with Crippen LogP contribution < -0.4 is 5.56 Å². The average Bonchev–Trinajstić information content (AvgIpc) is 2.43. The zero-order valence-electron chi connectivity index (χ0n) is 10.5. The molecule has 1 aliphatic heterocycles. The van der Waals surface area contributed by atoms with Crippen LogP contribution >= 0.6 is 0 Å². The predicted octanol–water partition coefficient (Wildman–Crippen LogP) is 2.10. The first-order valence-electron chi connectivity index (χ1n) is 6.50. The Morgan fingerprint density at radius 1 is 1.42 bits per heavy atom. The first-order valence-corrected chi connectivity index (χ1v) is 6.50. The predicted molar refractivity (Wildman–Crippen MR) is 69.6 cm³/mol. The summed E-state index contributed by atoms with van der Waals surface area (Å²) in [6.45, 7) is 1.27. The van der Waals surface area contributed by atoms with E-state index in [1.807, 2.05) is 0 Å². The minimum absolute atomic E-state index is 0.0751. The van der Waals surface area contributed by atoms with E-state index in [0.29, 0.717) is 17.4 Å². The highest BCUT2D eigenvalue weighted by Gasteiger charge is 2.15. The molecule has 0 aliphatic carbocycles. The Labute approximate surface area is 109 Å². The van der Waals surface area contributed by atoms with Gasteiger partial charge in [0.2, 0.25) is 0 Å². The van der Waals surface area contributed by atoms with Gasteiger partial charge in [-0.15, -0.1) is 0 Å². The second kappa shape index (κ2) is 5.09. The summed E-state index contributed by atoms with van der Waals surface area (Å²) in [6, 6.07) is 4.04. The van der Waals surface area contributed by atoms with Crippen molar-refractivity contribution in [1.29, 1.82) is 0 Å². The van der Waals surface area contributed by atoms with E-state index in [-0.39, 0.29) is 17.5 Å². The fourth-order valence-corrected chi connectivity index (χ4v) is 2.43. The zero-order valence-corrected chi connectivity index (χ0v) is 10.5. The number of ether oxygens (including phenoxy) is 1. The molecule has 5 heteroatoms. The quantitative estimate of drug-likeness (QED) is 0.832. The lowest BCUT2D eigenvalue weighted by atomic mass is 10.1. The molecule has 1 fully saturated rings. The third kappa shape index (κ3) is 2.51. The monoisotopic (exact) mass is 262 g/mol. The lowest BCUT2D eigenvalue weighted by Crippen LogP contribution is -2.30. The first kappa shape index (κ1) is 12.3. The van der Waals surface area contributed by atoms with Crippen molar-refractivity contribution in [2.45, 2.75) is 31.9 Å². The molecule has 100 valence electrons. The van der Waals surface area contributed by atoms with E-state index in [1.165, 1.54) is 24.5 Å². The van der Waals surface area contributed by atoms with Gasteiger partial charge in [-0.2, -0.15) is 0 Å². The van der Waals surface area contributed by atoms with Crippen LogP contribution in [0.25, 0.3) is 10.9 Å². The summed E-state index contributed by atoms with van der Waals surface area (Å²) in [7, 11) is 0. The van der Waals surface area contributed by atoms with Gasteiger partial charge in [0.1, 0.15) is 5.82 Å². The van der Waals surface area contributed by atoms with Gasteiger partial charge < -0.3 is 4.74 Å². The fourth-order valence-electron chi connectivity index (χ4n) is 2.43. The minimum atomic E-state index is -0.382. The lowest BCUT2D eigenvalue weighted by Gasteiger charge is -2.23. The van der Waals surface area contributed by atoms with Gasteiger partial charge in [0.05, 0.1) is 29.9 Å². The van der Waals surface area contributed by atoms with Crippen LogP contribution in [0.3, 0.4) is 0 Å². The molecular weight excluding hydrogens is 247 g/mol.